The van der Waals surface area contributed by atoms with Crippen molar-refractivity contribution >= 4 is 22.9 Å². The summed E-state index contributed by atoms with van der Waals surface area (Å²) in [5.74, 6) is -0.926. The lowest BCUT2D eigenvalue weighted by Crippen LogP contribution is -2.28. The second-order valence-corrected chi connectivity index (χ2v) is 5.10. The van der Waals surface area contributed by atoms with Gasteiger partial charge in [-0.2, -0.15) is 0 Å². The van der Waals surface area contributed by atoms with E-state index in [1.54, 1.807) is 30.6 Å². The minimum Gasteiger partial charge on any atom is -0.452 e. The van der Waals surface area contributed by atoms with Crippen molar-refractivity contribution in [3.63, 3.8) is 0 Å². The number of nitrogens with one attached hydrogen (secondary N) is 1. The second-order valence-electron chi connectivity index (χ2n) is 5.10. The molecular weight excluding hydrogens is 306 g/mol. The molecule has 0 aliphatic heterocycles. The van der Waals surface area contributed by atoms with Gasteiger partial charge in [0.25, 0.3) is 5.91 Å². The standard InChI is InChI=1S/C18H15N3O3/c22-17(21-11-13-4-2-1-3-5-13)12-24-18(23)14-6-7-15-16(10-14)20-9-8-19-15/h1-10H,11-12H2,(H,21,22). The maximum absolute atomic E-state index is 12.0. The molecule has 3 rings (SSSR count). The van der Waals surface area contributed by atoms with Gasteiger partial charge in [0.1, 0.15) is 0 Å². The Labute approximate surface area is 138 Å². The first-order valence-corrected chi connectivity index (χ1v) is 7.41. The predicted octanol–water partition coefficient (Wildman–Crippen LogP) is 2.10. The highest BCUT2D eigenvalue weighted by molar-refractivity contribution is 5.94. The van der Waals surface area contributed by atoms with Crippen molar-refractivity contribution in [3.8, 4) is 0 Å². The number of carbonyl (C=O) groups is 2. The molecule has 0 saturated heterocycles. The van der Waals surface area contributed by atoms with Crippen LogP contribution >= 0.6 is 0 Å². The molecule has 1 heterocycles. The van der Waals surface area contributed by atoms with E-state index in [-0.39, 0.29) is 12.5 Å². The van der Waals surface area contributed by atoms with Crippen LogP contribution in [-0.2, 0) is 16.1 Å². The van der Waals surface area contributed by atoms with Crippen LogP contribution in [0.25, 0.3) is 11.0 Å². The van der Waals surface area contributed by atoms with E-state index in [2.05, 4.69) is 15.3 Å². The molecule has 1 aromatic heterocycles. The van der Waals surface area contributed by atoms with E-state index in [1.165, 1.54) is 0 Å². The Morgan fingerprint density at radius 3 is 2.50 bits per heavy atom. The summed E-state index contributed by atoms with van der Waals surface area (Å²) in [6.45, 7) is 0.0625. The van der Waals surface area contributed by atoms with E-state index in [1.807, 2.05) is 30.3 Å². The summed E-state index contributed by atoms with van der Waals surface area (Å²) >= 11 is 0. The molecule has 0 aliphatic carbocycles. The Morgan fingerprint density at radius 2 is 1.71 bits per heavy atom. The molecule has 0 aliphatic rings. The molecule has 1 amide bonds. The van der Waals surface area contributed by atoms with Gasteiger partial charge in [0, 0.05) is 18.9 Å². The number of hydrogen-bond donors (Lipinski definition) is 1. The number of nitrogens with zero attached hydrogens (tertiary/aromatic N) is 2. The molecule has 0 bridgehead atoms. The average Bonchev–Trinajstić information content (AvgIpc) is 2.65. The Bertz CT molecular complexity index is 866. The normalized spacial score (nSPS) is 10.3. The third-order valence-electron chi connectivity index (χ3n) is 3.37. The highest BCUT2D eigenvalue weighted by Crippen LogP contribution is 2.11. The zero-order valence-electron chi connectivity index (χ0n) is 12.8. The lowest BCUT2D eigenvalue weighted by atomic mass is 10.2. The van der Waals surface area contributed by atoms with Gasteiger partial charge in [0.2, 0.25) is 0 Å². The topological polar surface area (TPSA) is 81.2 Å². The Hall–Kier alpha value is -3.28. The molecule has 0 spiro atoms. The number of rotatable bonds is 5. The quantitative estimate of drug-likeness (QED) is 0.728. The van der Waals surface area contributed by atoms with Crippen LogP contribution in [0.2, 0.25) is 0 Å². The van der Waals surface area contributed by atoms with Crippen molar-refractivity contribution < 1.29 is 14.3 Å². The van der Waals surface area contributed by atoms with Crippen molar-refractivity contribution in [2.75, 3.05) is 6.61 Å². The number of ether oxygens (including phenoxy) is 1. The SMILES string of the molecule is O=C(COC(=O)c1ccc2nccnc2c1)NCc1ccccc1. The van der Waals surface area contributed by atoms with E-state index in [4.69, 9.17) is 4.74 Å². The van der Waals surface area contributed by atoms with Crippen molar-refractivity contribution in [2.45, 2.75) is 6.54 Å². The number of fused-ring (bicyclic) bond motifs is 1. The van der Waals surface area contributed by atoms with Gasteiger partial charge in [0.05, 0.1) is 16.6 Å². The number of amides is 1. The van der Waals surface area contributed by atoms with Gasteiger partial charge >= 0.3 is 5.97 Å². The summed E-state index contributed by atoms with van der Waals surface area (Å²) in [4.78, 5) is 32.0. The number of hydrogen-bond acceptors (Lipinski definition) is 5. The molecule has 1 N–H and O–H groups in total. The van der Waals surface area contributed by atoms with Crippen molar-refractivity contribution in [3.05, 3.63) is 72.1 Å². The number of esters is 1. The monoisotopic (exact) mass is 321 g/mol. The molecular formula is C18H15N3O3. The number of benzene rings is 2. The summed E-state index contributed by atoms with van der Waals surface area (Å²) < 4.78 is 5.03. The second kappa shape index (κ2) is 7.32. The van der Waals surface area contributed by atoms with Crippen molar-refractivity contribution in [2.24, 2.45) is 0 Å². The van der Waals surface area contributed by atoms with Gasteiger partial charge in [-0.1, -0.05) is 30.3 Å². The van der Waals surface area contributed by atoms with Crippen LogP contribution in [-0.4, -0.2) is 28.5 Å². The summed E-state index contributed by atoms with van der Waals surface area (Å²) in [6.07, 6.45) is 3.13. The third kappa shape index (κ3) is 3.92. The lowest BCUT2D eigenvalue weighted by molar-refractivity contribution is -0.124. The van der Waals surface area contributed by atoms with Gasteiger partial charge in [0.15, 0.2) is 6.61 Å². The summed E-state index contributed by atoms with van der Waals surface area (Å²) in [5.41, 5.74) is 2.60. The highest BCUT2D eigenvalue weighted by atomic mass is 16.5. The van der Waals surface area contributed by atoms with Crippen LogP contribution in [0, 0.1) is 0 Å². The summed E-state index contributed by atoms with van der Waals surface area (Å²) in [6, 6.07) is 14.4. The highest BCUT2D eigenvalue weighted by Gasteiger charge is 2.11. The van der Waals surface area contributed by atoms with Gasteiger partial charge in [-0.05, 0) is 23.8 Å². The first-order valence-electron chi connectivity index (χ1n) is 7.41. The van der Waals surface area contributed by atoms with Crippen LogP contribution in [0.4, 0.5) is 0 Å². The largest absolute Gasteiger partial charge is 0.452 e. The molecule has 6 heteroatoms. The molecule has 0 fully saturated rings. The Morgan fingerprint density at radius 1 is 0.958 bits per heavy atom. The maximum Gasteiger partial charge on any atom is 0.338 e. The van der Waals surface area contributed by atoms with E-state index < -0.39 is 5.97 Å². The summed E-state index contributed by atoms with van der Waals surface area (Å²) in [5, 5.41) is 2.70. The molecule has 0 saturated carbocycles. The first-order chi connectivity index (χ1) is 11.7. The van der Waals surface area contributed by atoms with Crippen LogP contribution in [0.3, 0.4) is 0 Å². The van der Waals surface area contributed by atoms with Crippen molar-refractivity contribution in [1.29, 1.82) is 0 Å². The van der Waals surface area contributed by atoms with Crippen molar-refractivity contribution in [1.82, 2.24) is 15.3 Å². The summed E-state index contributed by atoms with van der Waals surface area (Å²) in [7, 11) is 0. The molecule has 2 aromatic carbocycles. The third-order valence-corrected chi connectivity index (χ3v) is 3.37. The molecule has 6 nitrogen and oxygen atoms in total. The minimum atomic E-state index is -0.572. The minimum absolute atomic E-state index is 0.329. The van der Waals surface area contributed by atoms with E-state index in [0.29, 0.717) is 23.1 Å². The van der Waals surface area contributed by atoms with Crippen LogP contribution in [0.5, 0.6) is 0 Å². The smallest absolute Gasteiger partial charge is 0.338 e. The Kier molecular flexibility index (Phi) is 4.76. The fraction of sp³-hybridized carbons (Fsp3) is 0.111. The van der Waals surface area contributed by atoms with Gasteiger partial charge in [-0.15, -0.1) is 0 Å². The number of aromatic nitrogens is 2. The fourth-order valence-electron chi connectivity index (χ4n) is 2.15. The fourth-order valence-corrected chi connectivity index (χ4v) is 2.15. The molecule has 0 atom stereocenters. The molecule has 0 radical (unpaired) electrons. The predicted molar refractivity (Wildman–Crippen MR) is 88.1 cm³/mol. The van der Waals surface area contributed by atoms with Crippen LogP contribution < -0.4 is 5.32 Å². The van der Waals surface area contributed by atoms with E-state index in [9.17, 15) is 9.59 Å². The van der Waals surface area contributed by atoms with Gasteiger partial charge < -0.3 is 10.1 Å². The van der Waals surface area contributed by atoms with Crippen LogP contribution in [0.1, 0.15) is 15.9 Å². The molecule has 0 unspecified atom stereocenters. The van der Waals surface area contributed by atoms with Gasteiger partial charge in [-0.25, -0.2) is 4.79 Å². The van der Waals surface area contributed by atoms with E-state index in [0.717, 1.165) is 5.56 Å². The average molecular weight is 321 g/mol. The van der Waals surface area contributed by atoms with E-state index >= 15 is 0 Å². The lowest BCUT2D eigenvalue weighted by Gasteiger charge is -2.07. The number of carbonyl (C=O) groups excluding carboxylic acids is 2. The molecule has 24 heavy (non-hydrogen) atoms. The Balaban J connectivity index is 1.53. The van der Waals surface area contributed by atoms with Crippen LogP contribution in [0.15, 0.2) is 60.9 Å². The first kappa shape index (κ1) is 15.6. The maximum atomic E-state index is 12.0. The zero-order chi connectivity index (χ0) is 16.8. The molecule has 120 valence electrons. The molecule has 3 aromatic rings. The zero-order valence-corrected chi connectivity index (χ0v) is 12.8. The van der Waals surface area contributed by atoms with Gasteiger partial charge in [-0.3, -0.25) is 14.8 Å².